The average Bonchev–Trinajstić information content (AvgIpc) is 3.34. The zero-order chi connectivity index (χ0) is 26.9. The zero-order valence-corrected chi connectivity index (χ0v) is 23.2. The Morgan fingerprint density at radius 2 is 1.82 bits per heavy atom. The molecule has 0 spiro atoms. The van der Waals surface area contributed by atoms with Crippen LogP contribution in [0.3, 0.4) is 0 Å². The quantitative estimate of drug-likeness (QED) is 0.314. The summed E-state index contributed by atoms with van der Waals surface area (Å²) in [5.41, 5.74) is 1.82. The van der Waals surface area contributed by atoms with Gasteiger partial charge in [0.15, 0.2) is 5.13 Å². The molecule has 2 unspecified atom stereocenters. The Hall–Kier alpha value is -3.34. The lowest BCUT2D eigenvalue weighted by Crippen LogP contribution is -2.42. The normalized spacial score (nSPS) is 18.4. The van der Waals surface area contributed by atoms with Gasteiger partial charge in [-0.3, -0.25) is 14.7 Å². The minimum atomic E-state index is -3.64. The second kappa shape index (κ2) is 10.8. The molecule has 3 heterocycles. The van der Waals surface area contributed by atoms with E-state index in [2.05, 4.69) is 18.8 Å². The number of hydrogen-bond donors (Lipinski definition) is 0. The monoisotopic (exact) mass is 550 g/mol. The van der Waals surface area contributed by atoms with E-state index in [0.717, 1.165) is 16.6 Å². The molecule has 2 aromatic heterocycles. The van der Waals surface area contributed by atoms with Crippen LogP contribution < -0.4 is 9.64 Å². The van der Waals surface area contributed by atoms with Crippen LogP contribution in [0.15, 0.2) is 71.8 Å². The van der Waals surface area contributed by atoms with E-state index in [1.807, 2.05) is 36.4 Å². The lowest BCUT2D eigenvalue weighted by Gasteiger charge is -2.34. The van der Waals surface area contributed by atoms with E-state index in [1.165, 1.54) is 23.5 Å². The van der Waals surface area contributed by atoms with Crippen molar-refractivity contribution in [1.29, 1.82) is 0 Å². The molecule has 1 aliphatic rings. The molecular formula is C28H30N4O4S2. The number of aromatic nitrogens is 2. The highest BCUT2D eigenvalue weighted by Gasteiger charge is 2.32. The molecule has 4 aromatic rings. The molecular weight excluding hydrogens is 520 g/mol. The van der Waals surface area contributed by atoms with Gasteiger partial charge in [-0.15, -0.1) is 0 Å². The lowest BCUT2D eigenvalue weighted by atomic mass is 9.94. The van der Waals surface area contributed by atoms with Crippen LogP contribution in [-0.2, 0) is 16.6 Å². The van der Waals surface area contributed by atoms with E-state index in [1.54, 1.807) is 34.6 Å². The average molecular weight is 551 g/mol. The van der Waals surface area contributed by atoms with Crippen LogP contribution in [0.2, 0.25) is 0 Å². The first-order valence-electron chi connectivity index (χ1n) is 12.5. The minimum absolute atomic E-state index is 0.193. The van der Waals surface area contributed by atoms with Crippen LogP contribution in [-0.4, -0.2) is 48.8 Å². The molecule has 0 radical (unpaired) electrons. The first kappa shape index (κ1) is 26.3. The zero-order valence-electron chi connectivity index (χ0n) is 21.6. The third-order valence-electron chi connectivity index (χ3n) is 6.68. The highest BCUT2D eigenvalue weighted by atomic mass is 32.2. The van der Waals surface area contributed by atoms with E-state index in [0.29, 0.717) is 47.1 Å². The second-order valence-corrected chi connectivity index (χ2v) is 12.8. The summed E-state index contributed by atoms with van der Waals surface area (Å²) in [6.07, 6.45) is 2.70. The summed E-state index contributed by atoms with van der Waals surface area (Å²) in [4.78, 5) is 24.7. The Morgan fingerprint density at radius 1 is 1.08 bits per heavy atom. The van der Waals surface area contributed by atoms with Crippen molar-refractivity contribution in [3.05, 3.63) is 78.1 Å². The molecule has 2 aromatic carbocycles. The van der Waals surface area contributed by atoms with E-state index >= 15 is 0 Å². The van der Waals surface area contributed by atoms with Gasteiger partial charge in [-0.25, -0.2) is 13.4 Å². The van der Waals surface area contributed by atoms with Crippen LogP contribution in [0.5, 0.6) is 5.75 Å². The third kappa shape index (κ3) is 5.43. The maximum absolute atomic E-state index is 13.8. The van der Waals surface area contributed by atoms with Crippen molar-refractivity contribution in [1.82, 2.24) is 14.3 Å². The molecule has 8 nitrogen and oxygen atoms in total. The number of nitrogens with zero attached hydrogens (tertiary/aromatic N) is 4. The number of pyridine rings is 1. The topological polar surface area (TPSA) is 92.7 Å². The van der Waals surface area contributed by atoms with Crippen molar-refractivity contribution in [2.24, 2.45) is 11.8 Å². The molecule has 10 heteroatoms. The Bertz CT molecular complexity index is 1530. The minimum Gasteiger partial charge on any atom is -0.497 e. The third-order valence-corrected chi connectivity index (χ3v) is 9.59. The Labute approximate surface area is 227 Å². The summed E-state index contributed by atoms with van der Waals surface area (Å²) in [6.45, 7) is 5.39. The molecule has 0 N–H and O–H groups in total. The fourth-order valence-electron chi connectivity index (χ4n) is 4.89. The molecule has 1 amide bonds. The summed E-state index contributed by atoms with van der Waals surface area (Å²) in [5.74, 6) is 1.02. The van der Waals surface area contributed by atoms with Gasteiger partial charge in [0, 0.05) is 30.9 Å². The van der Waals surface area contributed by atoms with Crippen LogP contribution in [0.25, 0.3) is 10.2 Å². The van der Waals surface area contributed by atoms with Crippen LogP contribution in [0, 0.1) is 11.8 Å². The smallest absolute Gasteiger partial charge is 0.260 e. The lowest BCUT2D eigenvalue weighted by molar-refractivity contribution is 0.0984. The van der Waals surface area contributed by atoms with Crippen molar-refractivity contribution in [2.45, 2.75) is 31.7 Å². The summed E-state index contributed by atoms with van der Waals surface area (Å²) < 4.78 is 34.4. The van der Waals surface area contributed by atoms with Crippen LogP contribution in [0.1, 0.15) is 36.3 Å². The van der Waals surface area contributed by atoms with Gasteiger partial charge in [-0.2, -0.15) is 4.31 Å². The number of carbonyl (C=O) groups is 1. The second-order valence-electron chi connectivity index (χ2n) is 9.83. The fraction of sp³-hybridized carbons (Fsp3) is 0.321. The summed E-state index contributed by atoms with van der Waals surface area (Å²) in [5, 5.41) is 0.525. The number of carbonyl (C=O) groups excluding carboxylic acids is 1. The first-order chi connectivity index (χ1) is 18.2. The Balaban J connectivity index is 1.45. The number of hydrogen-bond acceptors (Lipinski definition) is 7. The molecule has 38 heavy (non-hydrogen) atoms. The van der Waals surface area contributed by atoms with Gasteiger partial charge in [-0.05, 0) is 66.8 Å². The number of piperidine rings is 1. The number of thiazole rings is 1. The van der Waals surface area contributed by atoms with Gasteiger partial charge in [-0.1, -0.05) is 31.3 Å². The number of amides is 1. The predicted octanol–water partition coefficient (Wildman–Crippen LogP) is 5.21. The summed E-state index contributed by atoms with van der Waals surface area (Å²) >= 11 is 1.40. The fourth-order valence-corrected chi connectivity index (χ4v) is 7.52. The number of methoxy groups -OCH3 is 1. The standard InChI is InChI=1S/C28H30N4O4S2/c1-19-14-20(2)17-31(16-19)38(34,35)24-10-7-21(8-11-24)27(33)32(18-22-6-4-5-13-29-22)28-30-25-15-23(36-3)9-12-26(25)37-28/h4-13,15,19-20H,14,16-18H2,1-3H3. The molecule has 0 bridgehead atoms. The Morgan fingerprint density at radius 3 is 2.47 bits per heavy atom. The molecule has 0 saturated carbocycles. The number of benzene rings is 2. The highest BCUT2D eigenvalue weighted by Crippen LogP contribution is 2.33. The number of anilines is 1. The molecule has 0 aliphatic carbocycles. The first-order valence-corrected chi connectivity index (χ1v) is 14.8. The van der Waals surface area contributed by atoms with E-state index < -0.39 is 10.0 Å². The van der Waals surface area contributed by atoms with Crippen LogP contribution >= 0.6 is 11.3 Å². The van der Waals surface area contributed by atoms with Crippen molar-refractivity contribution < 1.29 is 17.9 Å². The SMILES string of the molecule is COc1ccc2sc(N(Cc3ccccn3)C(=O)c3ccc(S(=O)(=O)N4CC(C)CC(C)C4)cc3)nc2c1. The van der Waals surface area contributed by atoms with Crippen LogP contribution in [0.4, 0.5) is 5.13 Å². The van der Waals surface area contributed by atoms with E-state index in [9.17, 15) is 13.2 Å². The van der Waals surface area contributed by atoms with Crippen molar-refractivity contribution in [3.63, 3.8) is 0 Å². The Kier molecular flexibility index (Phi) is 7.47. The number of rotatable bonds is 7. The molecule has 1 saturated heterocycles. The molecule has 5 rings (SSSR count). The van der Waals surface area contributed by atoms with E-state index in [-0.39, 0.29) is 17.3 Å². The molecule has 198 valence electrons. The maximum Gasteiger partial charge on any atom is 0.260 e. The number of fused-ring (bicyclic) bond motifs is 1. The van der Waals surface area contributed by atoms with Gasteiger partial charge in [0.25, 0.3) is 5.91 Å². The number of ether oxygens (including phenoxy) is 1. The maximum atomic E-state index is 13.8. The summed E-state index contributed by atoms with van der Waals surface area (Å²) in [6, 6.07) is 17.4. The predicted molar refractivity (Wildman–Crippen MR) is 149 cm³/mol. The molecule has 2 atom stereocenters. The largest absolute Gasteiger partial charge is 0.497 e. The van der Waals surface area contributed by atoms with Gasteiger partial charge in [0.2, 0.25) is 10.0 Å². The molecule has 1 aliphatic heterocycles. The van der Waals surface area contributed by atoms with Crippen molar-refractivity contribution >= 4 is 42.6 Å². The van der Waals surface area contributed by atoms with Gasteiger partial charge >= 0.3 is 0 Å². The van der Waals surface area contributed by atoms with Gasteiger partial charge in [0.05, 0.1) is 34.5 Å². The van der Waals surface area contributed by atoms with Crippen molar-refractivity contribution in [3.8, 4) is 5.75 Å². The number of sulfonamides is 1. The van der Waals surface area contributed by atoms with Gasteiger partial charge < -0.3 is 4.74 Å². The van der Waals surface area contributed by atoms with E-state index in [4.69, 9.17) is 9.72 Å². The molecule has 1 fully saturated rings. The van der Waals surface area contributed by atoms with Gasteiger partial charge in [0.1, 0.15) is 5.75 Å². The highest BCUT2D eigenvalue weighted by molar-refractivity contribution is 7.89. The van der Waals surface area contributed by atoms with Crippen molar-refractivity contribution in [2.75, 3.05) is 25.1 Å². The summed E-state index contributed by atoms with van der Waals surface area (Å²) in [7, 11) is -2.04.